The van der Waals surface area contributed by atoms with E-state index in [9.17, 15) is 0 Å². The molecule has 2 aromatic rings. The number of halogens is 1. The maximum absolute atomic E-state index is 5.68. The molecule has 50 valence electrons. The Bertz CT molecular complexity index is 355. The zero-order valence-electron chi connectivity index (χ0n) is 4.87. The van der Waals surface area contributed by atoms with Gasteiger partial charge in [0.05, 0.1) is 6.33 Å². The summed E-state index contributed by atoms with van der Waals surface area (Å²) < 4.78 is 0. The minimum Gasteiger partial charge on any atom is -0.341 e. The first kappa shape index (κ1) is 5.61. The van der Waals surface area contributed by atoms with Crippen LogP contribution in [0.2, 0.25) is 5.15 Å². The molecule has 2 heterocycles. The first-order chi connectivity index (χ1) is 4.88. The van der Waals surface area contributed by atoms with Crippen molar-refractivity contribution < 1.29 is 0 Å². The van der Waals surface area contributed by atoms with Crippen LogP contribution in [0.5, 0.6) is 0 Å². The molecule has 5 heteroatoms. The first-order valence-electron chi connectivity index (χ1n) is 2.67. The zero-order chi connectivity index (χ0) is 6.97. The van der Waals surface area contributed by atoms with Crippen molar-refractivity contribution in [3.8, 4) is 0 Å². The number of hydrogen-bond acceptors (Lipinski definition) is 3. The van der Waals surface area contributed by atoms with E-state index in [-0.39, 0.29) is 0 Å². The highest BCUT2D eigenvalue weighted by Gasteiger charge is 2.00. The average Bonchev–Trinajstić information content (AvgIpc) is 2.36. The topological polar surface area (TPSA) is 54.5 Å². The molecule has 2 rings (SSSR count). The van der Waals surface area contributed by atoms with Crippen LogP contribution >= 0.6 is 11.6 Å². The van der Waals surface area contributed by atoms with Crippen molar-refractivity contribution in [1.29, 1.82) is 0 Å². The Hall–Kier alpha value is -1.16. The van der Waals surface area contributed by atoms with Crippen LogP contribution in [0.4, 0.5) is 0 Å². The molecule has 0 atom stereocenters. The van der Waals surface area contributed by atoms with Crippen molar-refractivity contribution >= 4 is 22.8 Å². The summed E-state index contributed by atoms with van der Waals surface area (Å²) in [7, 11) is 0. The van der Waals surface area contributed by atoms with Gasteiger partial charge in [0, 0.05) is 0 Å². The lowest BCUT2D eigenvalue weighted by Crippen LogP contribution is -1.80. The number of aromatic nitrogens is 4. The van der Waals surface area contributed by atoms with Crippen molar-refractivity contribution in [3.63, 3.8) is 0 Å². The van der Waals surface area contributed by atoms with E-state index in [1.165, 1.54) is 12.7 Å². The lowest BCUT2D eigenvalue weighted by atomic mass is 10.6. The quantitative estimate of drug-likeness (QED) is 0.578. The molecule has 10 heavy (non-hydrogen) atoms. The zero-order valence-corrected chi connectivity index (χ0v) is 5.63. The number of hydrogen-bond donors (Lipinski definition) is 1. The van der Waals surface area contributed by atoms with E-state index >= 15 is 0 Å². The van der Waals surface area contributed by atoms with Crippen LogP contribution in [0.1, 0.15) is 0 Å². The smallest absolute Gasteiger partial charge is 0.182 e. The van der Waals surface area contributed by atoms with Gasteiger partial charge in [0.15, 0.2) is 10.8 Å². The summed E-state index contributed by atoms with van der Waals surface area (Å²) in [4.78, 5) is 14.3. The second-order valence-electron chi connectivity index (χ2n) is 1.77. The summed E-state index contributed by atoms with van der Waals surface area (Å²) in [6, 6.07) is 0. The third-order valence-electron chi connectivity index (χ3n) is 1.18. The maximum atomic E-state index is 5.68. The highest BCUT2D eigenvalue weighted by molar-refractivity contribution is 6.33. The lowest BCUT2D eigenvalue weighted by molar-refractivity contribution is 1.20. The number of nitrogens with zero attached hydrogens (tertiary/aromatic N) is 3. The van der Waals surface area contributed by atoms with Crippen LogP contribution in [0.15, 0.2) is 12.7 Å². The highest BCUT2D eigenvalue weighted by Crippen LogP contribution is 2.13. The SMILES string of the molecule is Clc1nc[15n]c2nc[nH]c12. The average molecular weight is 156 g/mol. The molecule has 0 aliphatic carbocycles. The molecule has 4 nitrogen and oxygen atoms in total. The van der Waals surface area contributed by atoms with Crippen LogP contribution in [0.3, 0.4) is 0 Å². The fourth-order valence-electron chi connectivity index (χ4n) is 0.736. The minimum atomic E-state index is 0.405. The van der Waals surface area contributed by atoms with E-state index in [2.05, 4.69) is 19.9 Å². The number of H-pyrrole nitrogens is 1. The number of fused-ring (bicyclic) bond motifs is 1. The van der Waals surface area contributed by atoms with Gasteiger partial charge in [-0.15, -0.1) is 0 Å². The Morgan fingerprint density at radius 3 is 3.00 bits per heavy atom. The van der Waals surface area contributed by atoms with Crippen LogP contribution in [0, 0.1) is 0 Å². The summed E-state index contributed by atoms with van der Waals surface area (Å²) in [6.45, 7) is 0. The van der Waals surface area contributed by atoms with Gasteiger partial charge in [0.2, 0.25) is 0 Å². The van der Waals surface area contributed by atoms with E-state index in [1.807, 2.05) is 0 Å². The molecule has 1 N–H and O–H groups in total. The van der Waals surface area contributed by atoms with E-state index in [1.54, 1.807) is 0 Å². The Kier molecular flexibility index (Phi) is 1.07. The fraction of sp³-hybridized carbons (Fsp3) is 0. The van der Waals surface area contributed by atoms with E-state index in [0.29, 0.717) is 16.3 Å². The molecule has 0 spiro atoms. The first-order valence-corrected chi connectivity index (χ1v) is 3.05. The molecule has 0 bridgehead atoms. The Balaban J connectivity index is 2.95. The van der Waals surface area contributed by atoms with Crippen molar-refractivity contribution in [1.82, 2.24) is 19.9 Å². The van der Waals surface area contributed by atoms with Gasteiger partial charge < -0.3 is 4.98 Å². The van der Waals surface area contributed by atoms with Crippen molar-refractivity contribution in [3.05, 3.63) is 17.8 Å². The molecule has 0 fully saturated rings. The predicted octanol–water partition coefficient (Wildman–Crippen LogP) is 1.01. The molecular weight excluding hydrogens is 153 g/mol. The normalized spacial score (nSPS) is 10.5. The van der Waals surface area contributed by atoms with Crippen LogP contribution < -0.4 is 0 Å². The minimum absolute atomic E-state index is 0.405. The Morgan fingerprint density at radius 1 is 1.30 bits per heavy atom. The lowest BCUT2D eigenvalue weighted by Gasteiger charge is -1.86. The standard InChI is InChI=1S/C5H3ClN4/c6-4-3-5(9-1-7-3)10-2-8-4/h1-2H,(H,7,8,9,10)/i10+1. The number of nitrogens with one attached hydrogen (secondary N) is 1. The number of rotatable bonds is 0. The molecule has 0 unspecified atom stereocenters. The van der Waals surface area contributed by atoms with Gasteiger partial charge in [-0.05, 0) is 0 Å². The molecule has 0 aliphatic heterocycles. The largest absolute Gasteiger partial charge is 0.341 e. The predicted molar refractivity (Wildman–Crippen MR) is 36.7 cm³/mol. The van der Waals surface area contributed by atoms with Gasteiger partial charge >= 0.3 is 0 Å². The monoisotopic (exact) mass is 155 g/mol. The Morgan fingerprint density at radius 2 is 2.20 bits per heavy atom. The molecule has 0 aliphatic rings. The summed E-state index contributed by atoms with van der Waals surface area (Å²) in [5, 5.41) is 0.405. The number of imidazole rings is 1. The van der Waals surface area contributed by atoms with Crippen molar-refractivity contribution in [2.24, 2.45) is 0 Å². The summed E-state index contributed by atoms with van der Waals surface area (Å²) in [5.74, 6) is 0. The van der Waals surface area contributed by atoms with E-state index < -0.39 is 0 Å². The highest BCUT2D eigenvalue weighted by atomic mass is 35.5. The fourth-order valence-corrected chi connectivity index (χ4v) is 0.918. The molecule has 0 radical (unpaired) electrons. The summed E-state index contributed by atoms with van der Waals surface area (Å²) in [6.07, 6.45) is 2.91. The van der Waals surface area contributed by atoms with Gasteiger partial charge in [0.25, 0.3) is 0 Å². The number of aromatic amines is 1. The van der Waals surface area contributed by atoms with Gasteiger partial charge in [0.1, 0.15) is 11.8 Å². The van der Waals surface area contributed by atoms with Crippen molar-refractivity contribution in [2.45, 2.75) is 0 Å². The van der Waals surface area contributed by atoms with E-state index in [4.69, 9.17) is 11.6 Å². The molecule has 0 aromatic carbocycles. The second kappa shape index (κ2) is 1.91. The molecule has 0 amide bonds. The molecule has 2 aromatic heterocycles. The Labute approximate surface area is 61.3 Å². The summed E-state index contributed by atoms with van der Waals surface area (Å²) in [5.41, 5.74) is 1.28. The van der Waals surface area contributed by atoms with Gasteiger partial charge in [-0.3, -0.25) is 0 Å². The molecule has 0 saturated heterocycles. The maximum Gasteiger partial charge on any atom is 0.182 e. The summed E-state index contributed by atoms with van der Waals surface area (Å²) >= 11 is 5.68. The van der Waals surface area contributed by atoms with Gasteiger partial charge in [-0.1, -0.05) is 11.6 Å². The molecule has 0 saturated carbocycles. The van der Waals surface area contributed by atoms with Crippen LogP contribution in [0.25, 0.3) is 11.2 Å². The third kappa shape index (κ3) is 0.657. The van der Waals surface area contributed by atoms with Crippen LogP contribution in [-0.4, -0.2) is 19.9 Å². The van der Waals surface area contributed by atoms with Gasteiger partial charge in [-0.25, -0.2) is 15.0 Å². The second-order valence-corrected chi connectivity index (χ2v) is 2.12. The van der Waals surface area contributed by atoms with Gasteiger partial charge in [-0.2, -0.15) is 0 Å². The van der Waals surface area contributed by atoms with Crippen molar-refractivity contribution in [2.75, 3.05) is 0 Å². The third-order valence-corrected chi connectivity index (χ3v) is 1.46. The van der Waals surface area contributed by atoms with Crippen LogP contribution in [-0.2, 0) is 0 Å². The van der Waals surface area contributed by atoms with E-state index in [0.717, 1.165) is 0 Å². The molecular formula is C5H3ClN4.